The first kappa shape index (κ1) is 33.6. The molecule has 0 saturated heterocycles. The molecule has 0 saturated carbocycles. The van der Waals surface area contributed by atoms with E-state index < -0.39 is 66.8 Å². The maximum absolute atomic E-state index is 16.0. The van der Waals surface area contributed by atoms with Crippen LogP contribution in [0.15, 0.2) is 34.2 Å². The van der Waals surface area contributed by atoms with E-state index in [1.165, 1.54) is 26.8 Å². The smallest absolute Gasteiger partial charge is 0.390 e. The topological polar surface area (TPSA) is 141 Å². The third-order valence-electron chi connectivity index (χ3n) is 6.76. The van der Waals surface area contributed by atoms with Gasteiger partial charge < -0.3 is 20.8 Å². The molecule has 2 amide bonds. The molecule has 2 heterocycles. The molecule has 0 radical (unpaired) electrons. The number of hydrogen-bond acceptors (Lipinski definition) is 8. The van der Waals surface area contributed by atoms with Gasteiger partial charge in [-0.2, -0.15) is 13.2 Å². The van der Waals surface area contributed by atoms with E-state index in [1.54, 1.807) is 27.7 Å². The second-order valence-electron chi connectivity index (χ2n) is 11.1. The summed E-state index contributed by atoms with van der Waals surface area (Å²) >= 11 is 0.704. The van der Waals surface area contributed by atoms with E-state index in [9.17, 15) is 36.6 Å². The molecule has 15 heteroatoms. The van der Waals surface area contributed by atoms with Crippen LogP contribution in [-0.2, 0) is 16.2 Å². The van der Waals surface area contributed by atoms with E-state index in [0.717, 1.165) is 18.2 Å². The summed E-state index contributed by atoms with van der Waals surface area (Å²) in [6, 6.07) is 2.82. The van der Waals surface area contributed by atoms with Crippen molar-refractivity contribution in [2.75, 3.05) is 11.9 Å². The Morgan fingerprint density at radius 2 is 1.79 bits per heavy atom. The number of urea groups is 1. The lowest BCUT2D eigenvalue weighted by Crippen LogP contribution is -2.53. The van der Waals surface area contributed by atoms with Crippen molar-refractivity contribution >= 4 is 33.5 Å². The van der Waals surface area contributed by atoms with Crippen LogP contribution in [0.2, 0.25) is 0 Å². The van der Waals surface area contributed by atoms with Crippen molar-refractivity contribution in [1.82, 2.24) is 15.0 Å². The van der Waals surface area contributed by atoms with Gasteiger partial charge in [0.2, 0.25) is 0 Å². The minimum atomic E-state index is -4.66. The molecule has 1 aromatic carbocycles. The molecule has 2 aromatic rings. The average molecular weight is 635 g/mol. The minimum Gasteiger partial charge on any atom is -0.390 e. The molecule has 3 rings (SSSR count). The standard InChI is InChI=1S/C27H34F4N4O5S2/c1-13(2)18-19(28)21(15-9-8-10-16(11-15)27(29,30)31)32-20(14(3)4)22(18)33-24(37)35-42(39,40)23-17(12-36)34-26(7,41-23)25(5,6)38/h8-11,13-14,34,36,38H,12H2,1-7H3,(H2,33,35,37). The maximum atomic E-state index is 16.0. The first-order chi connectivity index (χ1) is 19.1. The van der Waals surface area contributed by atoms with Gasteiger partial charge in [-0.3, -0.25) is 0 Å². The van der Waals surface area contributed by atoms with Crippen molar-refractivity contribution in [1.29, 1.82) is 0 Å². The fraction of sp³-hybridized carbons (Fsp3) is 0.481. The Labute approximate surface area is 246 Å². The van der Waals surface area contributed by atoms with Crippen molar-refractivity contribution in [3.63, 3.8) is 0 Å². The SMILES string of the molecule is CC(C)c1nc(-c2cccc(C(F)(F)F)c2)c(F)c(C(C)C)c1NC(=O)NS(=O)(=O)C1=C(CO)NC(C)(C(C)(C)O)S1. The van der Waals surface area contributed by atoms with Crippen LogP contribution in [0.5, 0.6) is 0 Å². The summed E-state index contributed by atoms with van der Waals surface area (Å²) in [5.41, 5.74) is -3.08. The highest BCUT2D eigenvalue weighted by molar-refractivity contribution is 8.19. The number of nitrogens with zero attached hydrogens (tertiary/aromatic N) is 1. The largest absolute Gasteiger partial charge is 0.416 e. The van der Waals surface area contributed by atoms with E-state index in [2.05, 4.69) is 15.6 Å². The Bertz CT molecular complexity index is 1520. The summed E-state index contributed by atoms with van der Waals surface area (Å²) < 4.78 is 83.9. The van der Waals surface area contributed by atoms with Crippen LogP contribution < -0.4 is 15.4 Å². The average Bonchev–Trinajstić information content (AvgIpc) is 3.22. The summed E-state index contributed by atoms with van der Waals surface area (Å²) in [6.07, 6.45) is -4.66. The summed E-state index contributed by atoms with van der Waals surface area (Å²) in [5, 5.41) is 25.4. The minimum absolute atomic E-state index is 0.0737. The molecule has 0 bridgehead atoms. The number of sulfonamides is 1. The number of aliphatic hydroxyl groups is 2. The zero-order chi connectivity index (χ0) is 32.0. The fourth-order valence-electron chi connectivity index (χ4n) is 4.24. The zero-order valence-electron chi connectivity index (χ0n) is 24.1. The van der Waals surface area contributed by atoms with Crippen molar-refractivity contribution in [3.8, 4) is 11.3 Å². The van der Waals surface area contributed by atoms with Gasteiger partial charge >= 0.3 is 12.2 Å². The van der Waals surface area contributed by atoms with Gasteiger partial charge in [-0.25, -0.2) is 27.3 Å². The number of anilines is 1. The van der Waals surface area contributed by atoms with Crippen molar-refractivity contribution < 1.29 is 41.0 Å². The van der Waals surface area contributed by atoms with E-state index in [0.29, 0.717) is 11.8 Å². The highest BCUT2D eigenvalue weighted by atomic mass is 32.3. The quantitative estimate of drug-likeness (QED) is 0.237. The van der Waals surface area contributed by atoms with Crippen LogP contribution in [0.3, 0.4) is 0 Å². The number of aliphatic hydroxyl groups excluding tert-OH is 1. The fourth-order valence-corrected chi connectivity index (χ4v) is 7.17. The van der Waals surface area contributed by atoms with E-state index in [-0.39, 0.29) is 33.9 Å². The summed E-state index contributed by atoms with van der Waals surface area (Å²) in [6.45, 7) is 10.3. The number of rotatable bonds is 8. The Kier molecular flexibility index (Phi) is 9.33. The van der Waals surface area contributed by atoms with Crippen LogP contribution in [0.25, 0.3) is 11.3 Å². The number of hydrogen-bond donors (Lipinski definition) is 5. The molecule has 0 spiro atoms. The molecule has 9 nitrogen and oxygen atoms in total. The molecule has 1 aromatic heterocycles. The highest BCUT2D eigenvalue weighted by Crippen LogP contribution is 2.46. The zero-order valence-corrected chi connectivity index (χ0v) is 25.7. The molecule has 1 aliphatic heterocycles. The van der Waals surface area contributed by atoms with Gasteiger partial charge in [0.05, 0.1) is 34.8 Å². The predicted octanol–water partition coefficient (Wildman–Crippen LogP) is 5.59. The lowest BCUT2D eigenvalue weighted by Gasteiger charge is -2.37. The summed E-state index contributed by atoms with van der Waals surface area (Å²) in [7, 11) is -4.59. The number of nitrogens with one attached hydrogen (secondary N) is 3. The number of carbonyl (C=O) groups is 1. The van der Waals surface area contributed by atoms with E-state index in [1.807, 2.05) is 4.72 Å². The third-order valence-corrected chi connectivity index (χ3v) is 10.3. The first-order valence-corrected chi connectivity index (χ1v) is 15.2. The third kappa shape index (κ3) is 6.68. The van der Waals surface area contributed by atoms with Crippen molar-refractivity contribution in [2.45, 2.75) is 77.0 Å². The normalized spacial score (nSPS) is 18.1. The molecule has 0 fully saturated rings. The van der Waals surface area contributed by atoms with Crippen molar-refractivity contribution in [3.05, 3.63) is 56.8 Å². The Balaban J connectivity index is 2.05. The number of thioether (sulfide) groups is 1. The summed E-state index contributed by atoms with van der Waals surface area (Å²) in [5.74, 6) is -2.04. The number of halogens is 4. The second kappa shape index (κ2) is 11.7. The van der Waals surface area contributed by atoms with E-state index in [4.69, 9.17) is 0 Å². The Morgan fingerprint density at radius 1 is 1.17 bits per heavy atom. The number of alkyl halides is 3. The molecule has 1 unspecified atom stereocenters. The van der Waals surface area contributed by atoms with Gasteiger partial charge in [-0.05, 0) is 44.7 Å². The number of amides is 2. The van der Waals surface area contributed by atoms with Crippen molar-refractivity contribution in [2.24, 2.45) is 0 Å². The van der Waals surface area contributed by atoms with Crippen LogP contribution >= 0.6 is 11.8 Å². The molecule has 0 aliphatic carbocycles. The second-order valence-corrected chi connectivity index (χ2v) is 14.4. The lowest BCUT2D eigenvalue weighted by molar-refractivity contribution is -0.137. The molecular weight excluding hydrogens is 600 g/mol. The molecule has 42 heavy (non-hydrogen) atoms. The highest BCUT2D eigenvalue weighted by Gasteiger charge is 2.49. The molecule has 1 aliphatic rings. The Morgan fingerprint density at radius 3 is 2.29 bits per heavy atom. The molecule has 1 atom stereocenters. The number of carbonyl (C=O) groups excluding carboxylic acids is 1. The van der Waals surface area contributed by atoms with Gasteiger partial charge in [-0.1, -0.05) is 51.6 Å². The van der Waals surface area contributed by atoms with Gasteiger partial charge in [0, 0.05) is 11.1 Å². The molecule has 5 N–H and O–H groups in total. The Hall–Kier alpha value is -2.88. The number of aromatic nitrogens is 1. The predicted molar refractivity (Wildman–Crippen MR) is 153 cm³/mol. The van der Waals surface area contributed by atoms with Crippen LogP contribution in [0.4, 0.5) is 28.0 Å². The monoisotopic (exact) mass is 634 g/mol. The van der Waals surface area contributed by atoms with Crippen LogP contribution in [-0.4, -0.2) is 46.7 Å². The van der Waals surface area contributed by atoms with Gasteiger partial charge in [0.15, 0.2) is 5.82 Å². The number of benzene rings is 1. The lowest BCUT2D eigenvalue weighted by atomic mass is 9.93. The summed E-state index contributed by atoms with van der Waals surface area (Å²) in [4.78, 5) is 16.1. The van der Waals surface area contributed by atoms with Gasteiger partial charge in [-0.15, -0.1) is 0 Å². The number of pyridine rings is 1. The van der Waals surface area contributed by atoms with Gasteiger partial charge in [0.25, 0.3) is 10.0 Å². The maximum Gasteiger partial charge on any atom is 0.416 e. The van der Waals surface area contributed by atoms with Gasteiger partial charge in [0.1, 0.15) is 14.8 Å². The first-order valence-electron chi connectivity index (χ1n) is 12.9. The van der Waals surface area contributed by atoms with E-state index >= 15 is 4.39 Å². The van der Waals surface area contributed by atoms with Crippen LogP contribution in [0, 0.1) is 5.82 Å². The molecule has 232 valence electrons. The van der Waals surface area contributed by atoms with Crippen LogP contribution in [0.1, 0.15) is 77.1 Å². The molecular formula is C27H34F4N4O5S2.